The zero-order valence-corrected chi connectivity index (χ0v) is 17.9. The highest BCUT2D eigenvalue weighted by Crippen LogP contribution is 2.25. The van der Waals surface area contributed by atoms with E-state index < -0.39 is 0 Å². The van der Waals surface area contributed by atoms with Gasteiger partial charge in [-0.1, -0.05) is 26.0 Å². The first-order chi connectivity index (χ1) is 15.0. The molecule has 2 aromatic carbocycles. The quantitative estimate of drug-likeness (QED) is 0.614. The van der Waals surface area contributed by atoms with E-state index in [1.54, 1.807) is 18.3 Å². The lowest BCUT2D eigenvalue weighted by molar-refractivity contribution is -0.120. The van der Waals surface area contributed by atoms with Gasteiger partial charge in [-0.2, -0.15) is 0 Å². The Morgan fingerprint density at radius 3 is 2.55 bits per heavy atom. The molecule has 1 aliphatic rings. The van der Waals surface area contributed by atoms with Crippen molar-refractivity contribution in [1.82, 2.24) is 9.97 Å². The van der Waals surface area contributed by atoms with Crippen LogP contribution in [0.15, 0.2) is 60.8 Å². The number of halogens is 1. The molecule has 1 amide bonds. The first-order valence-corrected chi connectivity index (χ1v) is 10.7. The number of nitrogens with one attached hydrogen (secondary N) is 1. The first-order valence-electron chi connectivity index (χ1n) is 10.7. The van der Waals surface area contributed by atoms with Gasteiger partial charge in [0, 0.05) is 30.5 Å². The van der Waals surface area contributed by atoms with Crippen molar-refractivity contribution in [2.24, 2.45) is 5.92 Å². The zero-order valence-electron chi connectivity index (χ0n) is 17.9. The average molecular weight is 419 g/mol. The summed E-state index contributed by atoms with van der Waals surface area (Å²) in [6.07, 6.45) is 3.48. The second kappa shape index (κ2) is 9.25. The second-order valence-electron chi connectivity index (χ2n) is 8.30. The van der Waals surface area contributed by atoms with Crippen molar-refractivity contribution >= 4 is 17.4 Å². The van der Waals surface area contributed by atoms with Crippen LogP contribution in [0, 0.1) is 11.7 Å². The van der Waals surface area contributed by atoms with Crippen LogP contribution in [0.2, 0.25) is 0 Å². The summed E-state index contributed by atoms with van der Waals surface area (Å²) in [5.74, 6) is 1.44. The molecular weight excluding hydrogens is 391 g/mol. The van der Waals surface area contributed by atoms with Crippen molar-refractivity contribution in [3.63, 3.8) is 0 Å². The predicted molar refractivity (Wildman–Crippen MR) is 122 cm³/mol. The van der Waals surface area contributed by atoms with Gasteiger partial charge in [-0.25, -0.2) is 14.4 Å². The number of amides is 1. The van der Waals surface area contributed by atoms with Gasteiger partial charge in [0.05, 0.1) is 5.92 Å². The Balaban J connectivity index is 1.44. The molecule has 4 rings (SSSR count). The smallest absolute Gasteiger partial charge is 0.229 e. The van der Waals surface area contributed by atoms with Gasteiger partial charge >= 0.3 is 0 Å². The normalized spacial score (nSPS) is 16.4. The lowest BCUT2D eigenvalue weighted by atomic mass is 9.97. The third-order valence-corrected chi connectivity index (χ3v) is 5.70. The van der Waals surface area contributed by atoms with Crippen molar-refractivity contribution in [3.8, 4) is 11.4 Å². The summed E-state index contributed by atoms with van der Waals surface area (Å²) in [5, 5.41) is 3.06. The topological polar surface area (TPSA) is 58.1 Å². The Kier molecular flexibility index (Phi) is 6.26. The van der Waals surface area contributed by atoms with Gasteiger partial charge in [-0.05, 0) is 66.8 Å². The molecule has 160 valence electrons. The third-order valence-electron chi connectivity index (χ3n) is 5.70. The number of anilines is 2. The van der Waals surface area contributed by atoms with Gasteiger partial charge in [-0.15, -0.1) is 0 Å². The Bertz CT molecular complexity index is 1030. The van der Waals surface area contributed by atoms with E-state index in [9.17, 15) is 9.18 Å². The van der Waals surface area contributed by atoms with E-state index in [2.05, 4.69) is 46.2 Å². The van der Waals surface area contributed by atoms with Gasteiger partial charge in [0.1, 0.15) is 11.6 Å². The second-order valence-corrected chi connectivity index (χ2v) is 8.30. The molecule has 0 bridgehead atoms. The predicted octanol–water partition coefficient (Wildman–Crippen LogP) is 5.26. The van der Waals surface area contributed by atoms with E-state index >= 15 is 0 Å². The van der Waals surface area contributed by atoms with Gasteiger partial charge in [0.25, 0.3) is 0 Å². The molecule has 1 aliphatic heterocycles. The molecule has 5 nitrogen and oxygen atoms in total. The SMILES string of the molecule is CC(C)c1ccc(NC(=O)[C@@H]2CCCN(c3ccnc(-c4ccc(F)cc4)n3)C2)cc1. The fourth-order valence-electron chi connectivity index (χ4n) is 3.86. The van der Waals surface area contributed by atoms with E-state index in [4.69, 9.17) is 0 Å². The van der Waals surface area contributed by atoms with Gasteiger partial charge in [-0.3, -0.25) is 4.79 Å². The van der Waals surface area contributed by atoms with Crippen LogP contribution in [0.25, 0.3) is 11.4 Å². The number of nitrogens with zero attached hydrogens (tertiary/aromatic N) is 3. The van der Waals surface area contributed by atoms with Gasteiger partial charge in [0.15, 0.2) is 5.82 Å². The molecule has 0 saturated carbocycles. The number of piperidine rings is 1. The summed E-state index contributed by atoms with van der Waals surface area (Å²) in [6.45, 7) is 5.75. The number of carbonyl (C=O) groups is 1. The Hall–Kier alpha value is -3.28. The third kappa shape index (κ3) is 5.08. The molecule has 3 aromatic rings. The largest absolute Gasteiger partial charge is 0.356 e. The van der Waals surface area contributed by atoms with Crippen LogP contribution in [0.1, 0.15) is 38.2 Å². The number of aromatic nitrogens is 2. The molecule has 1 aromatic heterocycles. The maximum absolute atomic E-state index is 13.2. The lowest BCUT2D eigenvalue weighted by Gasteiger charge is -2.33. The van der Waals surface area contributed by atoms with E-state index in [1.807, 2.05) is 18.2 Å². The molecule has 2 heterocycles. The summed E-state index contributed by atoms with van der Waals surface area (Å²) in [4.78, 5) is 24.0. The van der Waals surface area contributed by atoms with Crippen LogP contribution >= 0.6 is 0 Å². The average Bonchev–Trinajstić information content (AvgIpc) is 2.80. The molecule has 0 radical (unpaired) electrons. The standard InChI is InChI=1S/C25H27FN4O/c1-17(2)18-7-11-22(12-8-18)28-25(31)20-4-3-15-30(16-20)23-13-14-27-24(29-23)19-5-9-21(26)10-6-19/h5-14,17,20H,3-4,15-16H2,1-2H3,(H,28,31)/t20-/m1/s1. The molecular formula is C25H27FN4O. The Labute approximate surface area is 182 Å². The van der Waals surface area contributed by atoms with E-state index in [0.717, 1.165) is 36.5 Å². The highest BCUT2D eigenvalue weighted by molar-refractivity contribution is 5.93. The van der Waals surface area contributed by atoms with E-state index in [0.29, 0.717) is 18.3 Å². The highest BCUT2D eigenvalue weighted by atomic mass is 19.1. The summed E-state index contributed by atoms with van der Waals surface area (Å²) in [7, 11) is 0. The van der Waals surface area contributed by atoms with Crippen LogP contribution in [0.4, 0.5) is 15.9 Å². The van der Waals surface area contributed by atoms with Gasteiger partial charge < -0.3 is 10.2 Å². The maximum Gasteiger partial charge on any atom is 0.229 e. The molecule has 0 unspecified atom stereocenters. The monoisotopic (exact) mass is 418 g/mol. The molecule has 6 heteroatoms. The minimum Gasteiger partial charge on any atom is -0.356 e. The minimum absolute atomic E-state index is 0.0369. The van der Waals surface area contributed by atoms with Crippen LogP contribution in [0.5, 0.6) is 0 Å². The molecule has 1 saturated heterocycles. The number of hydrogen-bond acceptors (Lipinski definition) is 4. The van der Waals surface area contributed by atoms with Crippen molar-refractivity contribution in [3.05, 3.63) is 72.2 Å². The molecule has 31 heavy (non-hydrogen) atoms. The molecule has 0 spiro atoms. The summed E-state index contributed by atoms with van der Waals surface area (Å²) in [6, 6.07) is 16.1. The zero-order chi connectivity index (χ0) is 21.8. The number of hydrogen-bond donors (Lipinski definition) is 1. The first kappa shape index (κ1) is 21.0. The number of rotatable bonds is 5. The Morgan fingerprint density at radius 1 is 1.10 bits per heavy atom. The number of benzene rings is 2. The van der Waals surface area contributed by atoms with Gasteiger partial charge in [0.2, 0.25) is 5.91 Å². The Morgan fingerprint density at radius 2 is 1.84 bits per heavy atom. The van der Waals surface area contributed by atoms with E-state index in [1.165, 1.54) is 17.7 Å². The number of carbonyl (C=O) groups excluding carboxylic acids is 1. The highest BCUT2D eigenvalue weighted by Gasteiger charge is 2.27. The summed E-state index contributed by atoms with van der Waals surface area (Å²) in [5.41, 5.74) is 2.84. The van der Waals surface area contributed by atoms with Crippen molar-refractivity contribution in [1.29, 1.82) is 0 Å². The molecule has 1 N–H and O–H groups in total. The van der Waals surface area contributed by atoms with Crippen LogP contribution < -0.4 is 10.2 Å². The fraction of sp³-hybridized carbons (Fsp3) is 0.320. The summed E-state index contributed by atoms with van der Waals surface area (Å²) >= 11 is 0. The van der Waals surface area contributed by atoms with Crippen molar-refractivity contribution in [2.75, 3.05) is 23.3 Å². The summed E-state index contributed by atoms with van der Waals surface area (Å²) < 4.78 is 13.2. The van der Waals surface area contributed by atoms with Crippen LogP contribution in [-0.4, -0.2) is 29.0 Å². The van der Waals surface area contributed by atoms with Crippen LogP contribution in [-0.2, 0) is 4.79 Å². The van der Waals surface area contributed by atoms with E-state index in [-0.39, 0.29) is 17.6 Å². The maximum atomic E-state index is 13.2. The fourth-order valence-corrected chi connectivity index (χ4v) is 3.86. The lowest BCUT2D eigenvalue weighted by Crippen LogP contribution is -2.41. The van der Waals surface area contributed by atoms with Crippen molar-refractivity contribution < 1.29 is 9.18 Å². The van der Waals surface area contributed by atoms with Crippen molar-refractivity contribution in [2.45, 2.75) is 32.6 Å². The molecule has 1 fully saturated rings. The molecule has 0 aliphatic carbocycles. The van der Waals surface area contributed by atoms with Crippen LogP contribution in [0.3, 0.4) is 0 Å². The minimum atomic E-state index is -0.288. The molecule has 1 atom stereocenters.